The van der Waals surface area contributed by atoms with Gasteiger partial charge in [-0.2, -0.15) is 0 Å². The maximum atomic E-state index is 13.0. The molecule has 1 heterocycles. The van der Waals surface area contributed by atoms with E-state index in [2.05, 4.69) is 58.7 Å². The van der Waals surface area contributed by atoms with Gasteiger partial charge in [-0.3, -0.25) is 9.69 Å². The maximum Gasteiger partial charge on any atom is 0.223 e. The lowest BCUT2D eigenvalue weighted by Gasteiger charge is -2.33. The number of phenolic OH excluding ortho intramolecular Hbond substituents is 1. The van der Waals surface area contributed by atoms with E-state index in [9.17, 15) is 9.90 Å². The summed E-state index contributed by atoms with van der Waals surface area (Å²) in [4.78, 5) is 15.5. The molecule has 1 saturated heterocycles. The second-order valence-electron chi connectivity index (χ2n) is 10.4. The van der Waals surface area contributed by atoms with Crippen molar-refractivity contribution in [2.24, 2.45) is 11.3 Å². The van der Waals surface area contributed by atoms with E-state index in [1.165, 1.54) is 11.1 Å². The summed E-state index contributed by atoms with van der Waals surface area (Å²) < 4.78 is 5.24. The Bertz CT molecular complexity index is 1120. The molecule has 1 aliphatic carbocycles. The van der Waals surface area contributed by atoms with Crippen molar-refractivity contribution in [3.8, 4) is 11.5 Å². The smallest absolute Gasteiger partial charge is 0.223 e. The number of amides is 1. The number of nitrogens with one attached hydrogen (secondary N) is 1. The molecule has 0 aromatic heterocycles. The number of aromatic hydroxyl groups is 1. The summed E-state index contributed by atoms with van der Waals surface area (Å²) in [6.07, 6.45) is 4.04. The number of phenols is 1. The molecule has 1 spiro atoms. The second kappa shape index (κ2) is 10.8. The summed E-state index contributed by atoms with van der Waals surface area (Å²) in [5, 5.41) is 13.1. The number of piperidine rings is 1. The van der Waals surface area contributed by atoms with E-state index < -0.39 is 0 Å². The van der Waals surface area contributed by atoms with Crippen LogP contribution in [0.2, 0.25) is 0 Å². The molecule has 2 aliphatic rings. The third-order valence-corrected chi connectivity index (χ3v) is 8.14. The van der Waals surface area contributed by atoms with Gasteiger partial charge in [0.2, 0.25) is 5.91 Å². The fourth-order valence-corrected chi connectivity index (χ4v) is 5.87. The number of rotatable bonds is 9. The summed E-state index contributed by atoms with van der Waals surface area (Å²) in [5.41, 5.74) is 3.90. The van der Waals surface area contributed by atoms with Crippen molar-refractivity contribution in [2.45, 2.75) is 38.1 Å². The van der Waals surface area contributed by atoms with Gasteiger partial charge in [0.1, 0.15) is 0 Å². The van der Waals surface area contributed by atoms with Gasteiger partial charge >= 0.3 is 0 Å². The van der Waals surface area contributed by atoms with Gasteiger partial charge in [-0.05, 0) is 73.0 Å². The van der Waals surface area contributed by atoms with E-state index in [-0.39, 0.29) is 28.9 Å². The van der Waals surface area contributed by atoms with Crippen LogP contribution < -0.4 is 10.1 Å². The normalized spacial score (nSPS) is 18.8. The first-order chi connectivity index (χ1) is 17.6. The van der Waals surface area contributed by atoms with E-state index in [0.29, 0.717) is 12.3 Å². The summed E-state index contributed by atoms with van der Waals surface area (Å²) in [7, 11) is 1.57. The zero-order chi connectivity index (χ0) is 25.0. The van der Waals surface area contributed by atoms with Crippen molar-refractivity contribution in [3.63, 3.8) is 0 Å². The van der Waals surface area contributed by atoms with Crippen LogP contribution >= 0.6 is 0 Å². The van der Waals surface area contributed by atoms with E-state index in [4.69, 9.17) is 4.74 Å². The third-order valence-electron chi connectivity index (χ3n) is 8.14. The first kappa shape index (κ1) is 24.4. The minimum Gasteiger partial charge on any atom is -0.504 e. The lowest BCUT2D eigenvalue weighted by Crippen LogP contribution is -2.37. The molecule has 188 valence electrons. The van der Waals surface area contributed by atoms with Gasteiger partial charge in [-0.1, -0.05) is 66.7 Å². The molecule has 5 nitrogen and oxygen atoms in total. The average Bonchev–Trinajstić information content (AvgIpc) is 3.63. The number of hydrogen-bond donors (Lipinski definition) is 2. The average molecular weight is 485 g/mol. The first-order valence-electron chi connectivity index (χ1n) is 13.0. The highest BCUT2D eigenvalue weighted by Gasteiger charge is 2.58. The Hall–Kier alpha value is -3.31. The number of ether oxygens (including phenoxy) is 1. The monoisotopic (exact) mass is 484 g/mol. The highest BCUT2D eigenvalue weighted by molar-refractivity contribution is 5.82. The predicted octanol–water partition coefficient (Wildman–Crippen LogP) is 5.34. The van der Waals surface area contributed by atoms with Crippen LogP contribution in [0.25, 0.3) is 0 Å². The molecule has 0 radical (unpaired) electrons. The Morgan fingerprint density at radius 2 is 1.67 bits per heavy atom. The Morgan fingerprint density at radius 1 is 1.03 bits per heavy atom. The van der Waals surface area contributed by atoms with Crippen molar-refractivity contribution in [1.29, 1.82) is 0 Å². The van der Waals surface area contributed by atoms with E-state index >= 15 is 0 Å². The van der Waals surface area contributed by atoms with E-state index in [1.807, 2.05) is 24.3 Å². The highest BCUT2D eigenvalue weighted by Crippen LogP contribution is 2.59. The van der Waals surface area contributed by atoms with Crippen molar-refractivity contribution < 1.29 is 14.6 Å². The molecule has 1 aliphatic heterocycles. The highest BCUT2D eigenvalue weighted by atomic mass is 16.5. The van der Waals surface area contributed by atoms with Gasteiger partial charge < -0.3 is 15.2 Å². The van der Waals surface area contributed by atoms with Crippen LogP contribution in [0.3, 0.4) is 0 Å². The Kier molecular flexibility index (Phi) is 7.28. The number of nitrogens with zero attached hydrogens (tertiary/aromatic N) is 1. The number of benzene rings is 3. The topological polar surface area (TPSA) is 61.8 Å². The minimum absolute atomic E-state index is 0.153. The molecule has 0 bridgehead atoms. The van der Waals surface area contributed by atoms with Crippen LogP contribution in [-0.4, -0.2) is 42.7 Å². The fraction of sp³-hybridized carbons (Fsp3) is 0.387. The molecule has 36 heavy (non-hydrogen) atoms. The zero-order valence-electron chi connectivity index (χ0n) is 21.0. The zero-order valence-corrected chi connectivity index (χ0v) is 21.0. The van der Waals surface area contributed by atoms with Crippen LogP contribution in [0.4, 0.5) is 0 Å². The minimum atomic E-state index is 0.153. The molecule has 5 heteroatoms. The molecule has 1 atom stereocenters. The summed E-state index contributed by atoms with van der Waals surface area (Å²) in [6, 6.07) is 26.7. The molecule has 2 N–H and O–H groups in total. The fourth-order valence-electron chi connectivity index (χ4n) is 5.87. The molecular weight excluding hydrogens is 448 g/mol. The van der Waals surface area contributed by atoms with Crippen LogP contribution in [0.5, 0.6) is 11.5 Å². The third kappa shape index (κ3) is 5.41. The molecule has 5 rings (SSSR count). The number of likely N-dealkylation sites (tertiary alicyclic amines) is 1. The number of carbonyl (C=O) groups is 1. The molecule has 3 aromatic rings. The van der Waals surface area contributed by atoms with Crippen molar-refractivity contribution in [2.75, 3.05) is 26.7 Å². The first-order valence-corrected chi connectivity index (χ1v) is 13.0. The van der Waals surface area contributed by atoms with Gasteiger partial charge in [0.15, 0.2) is 11.5 Å². The standard InChI is InChI=1S/C31H36N2O3/c1-36-29-20-23(12-13-28(29)34)22-33-18-15-31(16-19-33)21-27(31)30(35)32-17-14-26(24-8-4-2-5-9-24)25-10-6-3-7-11-25/h2-13,20,26-27,34H,14-19,21-22H2,1H3,(H,32,35). The van der Waals surface area contributed by atoms with E-state index in [1.54, 1.807) is 13.2 Å². The van der Waals surface area contributed by atoms with Crippen LogP contribution in [0.15, 0.2) is 78.9 Å². The van der Waals surface area contributed by atoms with Gasteiger partial charge in [0, 0.05) is 24.9 Å². The molecule has 1 unspecified atom stereocenters. The molecule has 3 aromatic carbocycles. The van der Waals surface area contributed by atoms with Crippen molar-refractivity contribution >= 4 is 5.91 Å². The van der Waals surface area contributed by atoms with Gasteiger partial charge in [0.05, 0.1) is 7.11 Å². The van der Waals surface area contributed by atoms with Gasteiger partial charge in [-0.25, -0.2) is 0 Å². The Morgan fingerprint density at radius 3 is 2.28 bits per heavy atom. The largest absolute Gasteiger partial charge is 0.504 e. The maximum absolute atomic E-state index is 13.0. The van der Waals surface area contributed by atoms with Crippen LogP contribution in [-0.2, 0) is 11.3 Å². The van der Waals surface area contributed by atoms with Crippen LogP contribution in [0.1, 0.15) is 48.3 Å². The van der Waals surface area contributed by atoms with Gasteiger partial charge in [0.25, 0.3) is 0 Å². The summed E-state index contributed by atoms with van der Waals surface area (Å²) >= 11 is 0. The number of methoxy groups -OCH3 is 1. The lowest BCUT2D eigenvalue weighted by atomic mass is 9.88. The quantitative estimate of drug-likeness (QED) is 0.430. The van der Waals surface area contributed by atoms with E-state index in [0.717, 1.165) is 50.9 Å². The molecule has 1 saturated carbocycles. The summed E-state index contributed by atoms with van der Waals surface area (Å²) in [6.45, 7) is 3.52. The predicted molar refractivity (Wildman–Crippen MR) is 142 cm³/mol. The number of hydrogen-bond acceptors (Lipinski definition) is 4. The number of carbonyl (C=O) groups excluding carboxylic acids is 1. The van der Waals surface area contributed by atoms with Crippen molar-refractivity contribution in [1.82, 2.24) is 10.2 Å². The molecule has 1 amide bonds. The summed E-state index contributed by atoms with van der Waals surface area (Å²) in [5.74, 6) is 1.35. The van der Waals surface area contributed by atoms with Crippen molar-refractivity contribution in [3.05, 3.63) is 95.6 Å². The Balaban J connectivity index is 1.11. The molecule has 2 fully saturated rings. The van der Waals surface area contributed by atoms with Crippen LogP contribution in [0, 0.1) is 11.3 Å². The Labute approximate surface area is 214 Å². The SMILES string of the molecule is COc1cc(CN2CCC3(CC2)CC3C(=O)NCCC(c2ccccc2)c2ccccc2)ccc1O. The lowest BCUT2D eigenvalue weighted by molar-refractivity contribution is -0.123. The second-order valence-corrected chi connectivity index (χ2v) is 10.4. The van der Waals surface area contributed by atoms with Gasteiger partial charge in [-0.15, -0.1) is 0 Å². The molecular formula is C31H36N2O3.